The molecule has 116 valence electrons. The van der Waals surface area contributed by atoms with Crippen LogP contribution in [0.25, 0.3) is 0 Å². The fraction of sp³-hybridized carbons (Fsp3) is 0.118. The Morgan fingerprint density at radius 3 is 2.83 bits per heavy atom. The number of pyridine rings is 1. The smallest absolute Gasteiger partial charge is 0.259 e. The average Bonchev–Trinajstić information content (AvgIpc) is 2.97. The Labute approximate surface area is 133 Å². The highest BCUT2D eigenvalue weighted by Crippen LogP contribution is 2.19. The second kappa shape index (κ2) is 6.31. The summed E-state index contributed by atoms with van der Waals surface area (Å²) in [7, 11) is 0. The lowest BCUT2D eigenvalue weighted by Gasteiger charge is -2.06. The van der Waals surface area contributed by atoms with Crippen molar-refractivity contribution in [3.63, 3.8) is 0 Å². The summed E-state index contributed by atoms with van der Waals surface area (Å²) >= 11 is 0. The molecule has 0 spiro atoms. The van der Waals surface area contributed by atoms with Crippen molar-refractivity contribution in [3.8, 4) is 5.75 Å². The molecule has 6 heteroatoms. The minimum Gasteiger partial charge on any atom is -0.507 e. The second-order valence-electron chi connectivity index (χ2n) is 5.26. The summed E-state index contributed by atoms with van der Waals surface area (Å²) in [5.41, 5.74) is 2.79. The standard InChI is InChI=1S/C17H16N4O2/c1-12-2-3-16(22)15(8-12)17(23)20-14-9-19-21(11-14)10-13-4-6-18-7-5-13/h2-9,11,22H,10H2,1H3,(H,20,23). The van der Waals surface area contributed by atoms with Gasteiger partial charge in [0.15, 0.2) is 0 Å². The summed E-state index contributed by atoms with van der Waals surface area (Å²) in [6.07, 6.45) is 6.77. The highest BCUT2D eigenvalue weighted by molar-refractivity contribution is 6.06. The van der Waals surface area contributed by atoms with Crippen LogP contribution in [0, 0.1) is 6.92 Å². The van der Waals surface area contributed by atoms with Crippen molar-refractivity contribution in [1.29, 1.82) is 0 Å². The van der Waals surface area contributed by atoms with Crippen molar-refractivity contribution < 1.29 is 9.90 Å². The van der Waals surface area contributed by atoms with Gasteiger partial charge in [-0.25, -0.2) is 0 Å². The molecule has 0 atom stereocenters. The molecule has 0 bridgehead atoms. The monoisotopic (exact) mass is 308 g/mol. The van der Waals surface area contributed by atoms with E-state index in [0.717, 1.165) is 11.1 Å². The first-order chi connectivity index (χ1) is 11.1. The third-order valence-corrected chi connectivity index (χ3v) is 3.38. The van der Waals surface area contributed by atoms with Gasteiger partial charge in [-0.1, -0.05) is 11.6 Å². The van der Waals surface area contributed by atoms with E-state index in [0.29, 0.717) is 12.2 Å². The predicted molar refractivity (Wildman–Crippen MR) is 86.4 cm³/mol. The second-order valence-corrected chi connectivity index (χ2v) is 5.26. The van der Waals surface area contributed by atoms with Gasteiger partial charge in [0.1, 0.15) is 5.75 Å². The molecule has 0 aliphatic rings. The fourth-order valence-electron chi connectivity index (χ4n) is 2.22. The number of benzene rings is 1. The van der Waals surface area contributed by atoms with Gasteiger partial charge in [-0.15, -0.1) is 0 Å². The van der Waals surface area contributed by atoms with Crippen molar-refractivity contribution in [2.24, 2.45) is 0 Å². The number of carbonyl (C=O) groups is 1. The number of rotatable bonds is 4. The number of carbonyl (C=O) groups excluding carboxylic acids is 1. The lowest BCUT2D eigenvalue weighted by atomic mass is 10.1. The van der Waals surface area contributed by atoms with Crippen molar-refractivity contribution >= 4 is 11.6 Å². The molecule has 2 aromatic heterocycles. The zero-order valence-corrected chi connectivity index (χ0v) is 12.6. The normalized spacial score (nSPS) is 10.5. The van der Waals surface area contributed by atoms with Crippen LogP contribution in [0.4, 0.5) is 5.69 Å². The van der Waals surface area contributed by atoms with E-state index in [-0.39, 0.29) is 17.2 Å². The number of amides is 1. The Morgan fingerprint density at radius 1 is 1.26 bits per heavy atom. The summed E-state index contributed by atoms with van der Waals surface area (Å²) in [6, 6.07) is 8.72. The average molecular weight is 308 g/mol. The number of anilines is 1. The maximum absolute atomic E-state index is 12.2. The van der Waals surface area contributed by atoms with Crippen LogP contribution < -0.4 is 5.32 Å². The van der Waals surface area contributed by atoms with Crippen LogP contribution >= 0.6 is 0 Å². The Kier molecular flexibility index (Phi) is 4.05. The summed E-state index contributed by atoms with van der Waals surface area (Å²) in [5.74, 6) is -0.410. The summed E-state index contributed by atoms with van der Waals surface area (Å²) in [5, 5.41) is 16.8. The van der Waals surface area contributed by atoms with Crippen molar-refractivity contribution in [1.82, 2.24) is 14.8 Å². The lowest BCUT2D eigenvalue weighted by molar-refractivity contribution is 0.102. The number of hydrogen-bond acceptors (Lipinski definition) is 4. The van der Waals surface area contributed by atoms with Gasteiger partial charge in [0.05, 0.1) is 24.0 Å². The molecular weight excluding hydrogens is 292 g/mol. The predicted octanol–water partition coefficient (Wildman–Crippen LogP) is 2.59. The van der Waals surface area contributed by atoms with Crippen LogP contribution in [0.5, 0.6) is 5.75 Å². The van der Waals surface area contributed by atoms with Gasteiger partial charge in [0.25, 0.3) is 5.91 Å². The number of phenolic OH excluding ortho intramolecular Hbond substituents is 1. The highest BCUT2D eigenvalue weighted by atomic mass is 16.3. The number of hydrogen-bond donors (Lipinski definition) is 2. The maximum atomic E-state index is 12.2. The molecule has 0 aliphatic carbocycles. The minimum absolute atomic E-state index is 0.0442. The third-order valence-electron chi connectivity index (χ3n) is 3.38. The molecule has 0 unspecified atom stereocenters. The first-order valence-electron chi connectivity index (χ1n) is 7.14. The van der Waals surface area contributed by atoms with Crippen LogP contribution in [-0.4, -0.2) is 25.8 Å². The number of phenols is 1. The molecule has 3 aromatic rings. The highest BCUT2D eigenvalue weighted by Gasteiger charge is 2.12. The Bertz CT molecular complexity index is 828. The first kappa shape index (κ1) is 14.8. The molecule has 0 saturated carbocycles. The van der Waals surface area contributed by atoms with Crippen molar-refractivity contribution in [2.75, 3.05) is 5.32 Å². The van der Waals surface area contributed by atoms with Crippen LogP contribution in [-0.2, 0) is 6.54 Å². The number of nitrogens with zero attached hydrogens (tertiary/aromatic N) is 3. The Morgan fingerprint density at radius 2 is 2.04 bits per heavy atom. The van der Waals surface area contributed by atoms with Crippen LogP contribution in [0.3, 0.4) is 0 Å². The van der Waals surface area contributed by atoms with Crippen molar-refractivity contribution in [3.05, 3.63) is 71.8 Å². The van der Waals surface area contributed by atoms with Gasteiger partial charge in [-0.2, -0.15) is 5.10 Å². The molecule has 2 heterocycles. The molecule has 2 N–H and O–H groups in total. The number of nitrogens with one attached hydrogen (secondary N) is 1. The molecule has 1 amide bonds. The van der Waals surface area contributed by atoms with E-state index in [4.69, 9.17) is 0 Å². The van der Waals surface area contributed by atoms with E-state index in [9.17, 15) is 9.90 Å². The van der Waals surface area contributed by atoms with Crippen LogP contribution in [0.2, 0.25) is 0 Å². The van der Waals surface area contributed by atoms with Crippen LogP contribution in [0.1, 0.15) is 21.5 Å². The molecule has 1 aromatic carbocycles. The van der Waals surface area contributed by atoms with E-state index in [1.165, 1.54) is 6.07 Å². The van der Waals surface area contributed by atoms with E-state index >= 15 is 0 Å². The van der Waals surface area contributed by atoms with Gasteiger partial charge < -0.3 is 10.4 Å². The molecule has 0 aliphatic heterocycles. The van der Waals surface area contributed by atoms with E-state index < -0.39 is 0 Å². The Balaban J connectivity index is 1.71. The zero-order chi connectivity index (χ0) is 16.2. The summed E-state index contributed by atoms with van der Waals surface area (Å²) < 4.78 is 1.72. The van der Waals surface area contributed by atoms with Gasteiger partial charge in [-0.05, 0) is 36.8 Å². The first-order valence-corrected chi connectivity index (χ1v) is 7.14. The number of aromatic nitrogens is 3. The molecule has 0 saturated heterocycles. The van der Waals surface area contributed by atoms with Crippen LogP contribution in [0.15, 0.2) is 55.1 Å². The van der Waals surface area contributed by atoms with E-state index in [1.807, 2.05) is 19.1 Å². The SMILES string of the molecule is Cc1ccc(O)c(C(=O)Nc2cnn(Cc3ccncc3)c2)c1. The number of aryl methyl sites for hydroxylation is 1. The van der Waals surface area contributed by atoms with Gasteiger partial charge in [0, 0.05) is 18.6 Å². The molecule has 3 rings (SSSR count). The fourth-order valence-corrected chi connectivity index (χ4v) is 2.22. The largest absolute Gasteiger partial charge is 0.507 e. The Hall–Kier alpha value is -3.15. The lowest BCUT2D eigenvalue weighted by Crippen LogP contribution is -2.12. The number of aromatic hydroxyl groups is 1. The maximum Gasteiger partial charge on any atom is 0.259 e. The van der Waals surface area contributed by atoms with Gasteiger partial charge >= 0.3 is 0 Å². The minimum atomic E-state index is -0.366. The van der Waals surface area contributed by atoms with Gasteiger partial charge in [-0.3, -0.25) is 14.5 Å². The quantitative estimate of drug-likeness (QED) is 0.776. The molecule has 23 heavy (non-hydrogen) atoms. The summed E-state index contributed by atoms with van der Waals surface area (Å²) in [6.45, 7) is 2.46. The third kappa shape index (κ3) is 3.55. The molecule has 6 nitrogen and oxygen atoms in total. The van der Waals surface area contributed by atoms with E-state index in [1.54, 1.807) is 41.6 Å². The molecule has 0 radical (unpaired) electrons. The van der Waals surface area contributed by atoms with Gasteiger partial charge in [0.2, 0.25) is 0 Å². The molecular formula is C17H16N4O2. The van der Waals surface area contributed by atoms with Crippen molar-refractivity contribution in [2.45, 2.75) is 13.5 Å². The van der Waals surface area contributed by atoms with E-state index in [2.05, 4.69) is 15.4 Å². The molecule has 0 fully saturated rings. The summed E-state index contributed by atoms with van der Waals surface area (Å²) in [4.78, 5) is 16.2. The zero-order valence-electron chi connectivity index (χ0n) is 12.6. The topological polar surface area (TPSA) is 80.0 Å².